The normalized spacial score (nSPS) is 10.2. The van der Waals surface area contributed by atoms with Crippen LogP contribution >= 0.6 is 0 Å². The lowest BCUT2D eigenvalue weighted by molar-refractivity contribution is -0.125. The molecular formula is C11H16N2O6S. The van der Waals surface area contributed by atoms with Crippen LogP contribution < -0.4 is 16.2 Å². The molecule has 0 atom stereocenters. The highest BCUT2D eigenvalue weighted by molar-refractivity contribution is 7.86. The molecule has 0 aliphatic rings. The summed E-state index contributed by atoms with van der Waals surface area (Å²) in [5.41, 5.74) is 10.2. The van der Waals surface area contributed by atoms with Gasteiger partial charge in [0.1, 0.15) is 16.4 Å². The van der Waals surface area contributed by atoms with E-state index in [0.29, 0.717) is 0 Å². The highest BCUT2D eigenvalue weighted by Crippen LogP contribution is 2.25. The number of methoxy groups -OCH3 is 1. The maximum atomic E-state index is 10.8. The van der Waals surface area contributed by atoms with Crippen molar-refractivity contribution in [1.82, 2.24) is 0 Å². The summed E-state index contributed by atoms with van der Waals surface area (Å²) in [5, 5.41) is 0. The van der Waals surface area contributed by atoms with E-state index < -0.39 is 16.0 Å². The van der Waals surface area contributed by atoms with E-state index in [1.807, 2.05) is 0 Å². The zero-order valence-corrected chi connectivity index (χ0v) is 11.8. The second-order valence-electron chi connectivity index (χ2n) is 3.73. The Balaban J connectivity index is 0.000000441. The van der Waals surface area contributed by atoms with Gasteiger partial charge in [-0.15, -0.1) is 0 Å². The molecule has 0 unspecified atom stereocenters. The van der Waals surface area contributed by atoms with E-state index in [0.717, 1.165) is 6.07 Å². The third kappa shape index (κ3) is 6.71. The third-order valence-corrected chi connectivity index (χ3v) is 2.76. The molecule has 0 spiro atoms. The molecule has 1 rings (SSSR count). The van der Waals surface area contributed by atoms with Crippen LogP contribution in [0.4, 0.5) is 5.69 Å². The largest absolute Gasteiger partial charge is 0.495 e. The van der Waals surface area contributed by atoms with Crippen LogP contribution in [0, 0.1) is 0 Å². The van der Waals surface area contributed by atoms with Gasteiger partial charge < -0.3 is 16.2 Å². The van der Waals surface area contributed by atoms with Crippen molar-refractivity contribution < 1.29 is 27.3 Å². The molecule has 9 heteroatoms. The zero-order valence-electron chi connectivity index (χ0n) is 11.0. The predicted octanol–water partition coefficient (Wildman–Crippen LogP) is -0.0251. The van der Waals surface area contributed by atoms with Crippen LogP contribution in [-0.4, -0.2) is 31.8 Å². The Kier molecular flexibility index (Phi) is 6.66. The fraction of sp³-hybridized carbons (Fsp3) is 0.273. The number of hydrogen-bond acceptors (Lipinski definition) is 6. The number of amides is 1. The molecule has 0 aliphatic heterocycles. The number of hydrogen-bond donors (Lipinski definition) is 3. The van der Waals surface area contributed by atoms with E-state index in [1.54, 1.807) is 0 Å². The van der Waals surface area contributed by atoms with Crippen LogP contribution in [0.3, 0.4) is 0 Å². The number of rotatable bonds is 4. The predicted molar refractivity (Wildman–Crippen MR) is 71.7 cm³/mol. The van der Waals surface area contributed by atoms with Gasteiger partial charge in [-0.3, -0.25) is 14.1 Å². The van der Waals surface area contributed by atoms with Gasteiger partial charge in [0.15, 0.2) is 0 Å². The first-order chi connectivity index (χ1) is 9.07. The Morgan fingerprint density at radius 3 is 2.20 bits per heavy atom. The van der Waals surface area contributed by atoms with Crippen molar-refractivity contribution in [3.05, 3.63) is 18.2 Å². The van der Waals surface area contributed by atoms with Gasteiger partial charge in [-0.05, 0) is 25.1 Å². The minimum absolute atomic E-state index is 0.0664. The topological polar surface area (TPSA) is 150 Å². The van der Waals surface area contributed by atoms with Crippen LogP contribution in [0.5, 0.6) is 5.75 Å². The molecule has 1 aromatic carbocycles. The number of carbonyl (C=O) groups is 2. The molecular weight excluding hydrogens is 288 g/mol. The summed E-state index contributed by atoms with van der Waals surface area (Å²) in [7, 11) is -2.97. The minimum atomic E-state index is -4.27. The Morgan fingerprint density at radius 2 is 1.90 bits per heavy atom. The van der Waals surface area contributed by atoms with E-state index in [9.17, 15) is 18.0 Å². The summed E-state index contributed by atoms with van der Waals surface area (Å²) in [6.07, 6.45) is -0.139. The van der Waals surface area contributed by atoms with Gasteiger partial charge in [0, 0.05) is 5.69 Å². The first-order valence-electron chi connectivity index (χ1n) is 5.26. The van der Waals surface area contributed by atoms with Gasteiger partial charge in [0.05, 0.1) is 13.5 Å². The van der Waals surface area contributed by atoms with Gasteiger partial charge in [0.25, 0.3) is 10.1 Å². The lowest BCUT2D eigenvalue weighted by Crippen LogP contribution is -2.13. The van der Waals surface area contributed by atoms with Crippen molar-refractivity contribution in [3.8, 4) is 5.75 Å². The fourth-order valence-electron chi connectivity index (χ4n) is 1.14. The van der Waals surface area contributed by atoms with Crippen LogP contribution in [0.25, 0.3) is 0 Å². The Morgan fingerprint density at radius 1 is 1.35 bits per heavy atom. The second kappa shape index (κ2) is 7.46. The van der Waals surface area contributed by atoms with Crippen molar-refractivity contribution >= 4 is 27.5 Å². The molecule has 8 nitrogen and oxygen atoms in total. The summed E-state index contributed by atoms with van der Waals surface area (Å²) in [5.74, 6) is -0.684. The van der Waals surface area contributed by atoms with E-state index in [2.05, 4.69) is 5.73 Å². The summed E-state index contributed by atoms with van der Waals surface area (Å²) >= 11 is 0. The van der Waals surface area contributed by atoms with Crippen LogP contribution in [-0.2, 0) is 19.7 Å². The quantitative estimate of drug-likeness (QED) is 0.401. The second-order valence-corrected chi connectivity index (χ2v) is 5.12. The van der Waals surface area contributed by atoms with Gasteiger partial charge in [-0.25, -0.2) is 0 Å². The molecule has 0 bridgehead atoms. The molecule has 0 saturated heterocycles. The smallest absolute Gasteiger partial charge is 0.298 e. The van der Waals surface area contributed by atoms with Gasteiger partial charge in [-0.1, -0.05) is 0 Å². The number of anilines is 1. The molecule has 1 aromatic rings. The molecule has 0 heterocycles. The highest BCUT2D eigenvalue weighted by Gasteiger charge is 2.16. The number of ether oxygens (including phenoxy) is 1. The van der Waals surface area contributed by atoms with E-state index in [1.165, 1.54) is 26.2 Å². The van der Waals surface area contributed by atoms with Crippen molar-refractivity contribution in [3.63, 3.8) is 0 Å². The van der Waals surface area contributed by atoms with E-state index in [-0.39, 0.29) is 28.5 Å². The Labute approximate surface area is 116 Å². The molecule has 0 aliphatic carbocycles. The highest BCUT2D eigenvalue weighted by atomic mass is 32.2. The zero-order chi connectivity index (χ0) is 15.9. The van der Waals surface area contributed by atoms with Crippen LogP contribution in [0.2, 0.25) is 0 Å². The number of carbonyl (C=O) groups excluding carboxylic acids is 2. The van der Waals surface area contributed by atoms with Crippen LogP contribution in [0.1, 0.15) is 13.3 Å². The average Bonchev–Trinajstić information content (AvgIpc) is 2.26. The molecule has 20 heavy (non-hydrogen) atoms. The maximum Gasteiger partial charge on any atom is 0.298 e. The van der Waals surface area contributed by atoms with Crippen molar-refractivity contribution in [2.45, 2.75) is 18.2 Å². The number of nitrogen functional groups attached to an aromatic ring is 1. The number of benzene rings is 1. The fourth-order valence-corrected chi connectivity index (χ4v) is 1.83. The maximum absolute atomic E-state index is 10.8. The summed E-state index contributed by atoms with van der Waals surface area (Å²) in [6, 6.07) is 3.99. The Bertz CT molecular complexity index is 585. The molecule has 0 radical (unpaired) electrons. The van der Waals surface area contributed by atoms with E-state index >= 15 is 0 Å². The van der Waals surface area contributed by atoms with Gasteiger partial charge in [0.2, 0.25) is 5.91 Å². The lowest BCUT2D eigenvalue weighted by Gasteiger charge is -2.05. The third-order valence-electron chi connectivity index (χ3n) is 1.89. The minimum Gasteiger partial charge on any atom is -0.495 e. The monoisotopic (exact) mass is 304 g/mol. The Hall–Kier alpha value is -2.13. The molecule has 5 N–H and O–H groups in total. The van der Waals surface area contributed by atoms with Crippen molar-refractivity contribution in [1.29, 1.82) is 0 Å². The number of Topliss-reactive ketones (excluding diaryl/α,β-unsaturated/α-hetero) is 1. The first kappa shape index (κ1) is 17.9. The average molecular weight is 304 g/mol. The van der Waals surface area contributed by atoms with Gasteiger partial charge >= 0.3 is 0 Å². The summed E-state index contributed by atoms with van der Waals surface area (Å²) < 4.78 is 35.1. The number of primary amides is 1. The number of ketones is 1. The van der Waals surface area contributed by atoms with Crippen LogP contribution in [0.15, 0.2) is 23.1 Å². The molecule has 0 fully saturated rings. The molecule has 0 saturated carbocycles. The lowest BCUT2D eigenvalue weighted by atomic mass is 10.3. The van der Waals surface area contributed by atoms with Crippen molar-refractivity contribution in [2.75, 3.05) is 12.8 Å². The van der Waals surface area contributed by atoms with E-state index in [4.69, 9.17) is 15.0 Å². The molecule has 0 aromatic heterocycles. The molecule has 112 valence electrons. The summed E-state index contributed by atoms with van der Waals surface area (Å²) in [6.45, 7) is 1.32. The summed E-state index contributed by atoms with van der Waals surface area (Å²) in [4.78, 5) is 19.4. The SMILES string of the molecule is CC(=O)CC(N)=O.COc1ccc(N)cc1S(=O)(=O)O. The first-order valence-corrected chi connectivity index (χ1v) is 6.70. The molecule has 1 amide bonds. The van der Waals surface area contributed by atoms with Crippen molar-refractivity contribution in [2.24, 2.45) is 5.73 Å². The standard InChI is InChI=1S/C7H9NO4S.C4H7NO2/c1-12-6-3-2-5(8)4-7(6)13(9,10)11;1-3(6)2-4(5)7/h2-4H,8H2,1H3,(H,9,10,11);2H2,1H3,(H2,5,7). The number of nitrogens with two attached hydrogens (primary N) is 2. The van der Waals surface area contributed by atoms with Gasteiger partial charge in [-0.2, -0.15) is 8.42 Å².